The molecule has 0 saturated carbocycles. The van der Waals surface area contributed by atoms with Crippen molar-refractivity contribution in [3.63, 3.8) is 0 Å². The molecule has 0 radical (unpaired) electrons. The summed E-state index contributed by atoms with van der Waals surface area (Å²) in [4.78, 5) is 15.8. The summed E-state index contributed by atoms with van der Waals surface area (Å²) in [5.74, 6) is 1.72. The number of likely N-dealkylation sites (tertiary alicyclic amines) is 1. The number of ether oxygens (including phenoxy) is 1. The highest BCUT2D eigenvalue weighted by molar-refractivity contribution is 7.21. The number of hydrogen-bond donors (Lipinski definition) is 1. The number of benzene rings is 1. The molecule has 2 heterocycles. The number of nitrogens with one attached hydrogen (secondary N) is 1. The van der Waals surface area contributed by atoms with E-state index in [1.165, 1.54) is 0 Å². The van der Waals surface area contributed by atoms with E-state index in [1.54, 1.807) is 18.4 Å². The minimum absolute atomic E-state index is 0.186. The summed E-state index contributed by atoms with van der Waals surface area (Å²) in [5, 5.41) is 4.37. The van der Waals surface area contributed by atoms with Gasteiger partial charge in [-0.2, -0.15) is 0 Å². The number of fused-ring (bicyclic) bond motifs is 1. The third-order valence-electron chi connectivity index (χ3n) is 4.73. The quantitative estimate of drug-likeness (QED) is 0.934. The van der Waals surface area contributed by atoms with Crippen LogP contribution in [0.25, 0.3) is 10.1 Å². The van der Waals surface area contributed by atoms with Gasteiger partial charge in [-0.25, -0.2) is 0 Å². The Balaban J connectivity index is 1.80. The summed E-state index contributed by atoms with van der Waals surface area (Å²) in [6, 6.07) is 6.02. The molecule has 3 rings (SSSR count). The fraction of sp³-hybridized carbons (Fsp3) is 0.500. The Labute approximate surface area is 141 Å². The average molecular weight is 332 g/mol. The van der Waals surface area contributed by atoms with Crippen molar-refractivity contribution in [2.24, 2.45) is 5.92 Å². The molecule has 0 unspecified atom stereocenters. The molecule has 1 N–H and O–H groups in total. The summed E-state index contributed by atoms with van der Waals surface area (Å²) in [7, 11) is 3.66. The molecule has 1 aromatic heterocycles. The smallest absolute Gasteiger partial charge is 0.264 e. The molecule has 0 atom stereocenters. The average Bonchev–Trinajstić information content (AvgIpc) is 2.91. The number of piperidine rings is 1. The number of nitrogens with zero attached hydrogens (tertiary/aromatic N) is 1. The van der Waals surface area contributed by atoms with Crippen LogP contribution in [0.3, 0.4) is 0 Å². The van der Waals surface area contributed by atoms with Crippen molar-refractivity contribution in [3.05, 3.63) is 28.6 Å². The van der Waals surface area contributed by atoms with Crippen molar-refractivity contribution in [2.45, 2.75) is 19.8 Å². The third-order valence-corrected chi connectivity index (χ3v) is 5.99. The minimum atomic E-state index is 0.186. The van der Waals surface area contributed by atoms with E-state index >= 15 is 0 Å². The SMILES string of the molecule is CNCC1CCN(C(=O)c2sc3ccc(OC)cc3c2C)CC1. The maximum absolute atomic E-state index is 12.9. The second-order valence-corrected chi connectivity index (χ2v) is 7.26. The molecule has 2 aromatic rings. The van der Waals surface area contributed by atoms with Gasteiger partial charge in [-0.15, -0.1) is 11.3 Å². The van der Waals surface area contributed by atoms with Crippen molar-refractivity contribution < 1.29 is 9.53 Å². The molecule has 1 aliphatic heterocycles. The van der Waals surface area contributed by atoms with Crippen LogP contribution < -0.4 is 10.1 Å². The minimum Gasteiger partial charge on any atom is -0.497 e. The molecular formula is C18H24N2O2S. The fourth-order valence-electron chi connectivity index (χ4n) is 3.30. The Morgan fingerprint density at radius 1 is 1.39 bits per heavy atom. The van der Waals surface area contributed by atoms with Crippen LogP contribution in [0, 0.1) is 12.8 Å². The first-order chi connectivity index (χ1) is 11.1. The molecule has 1 aromatic carbocycles. The van der Waals surface area contributed by atoms with Crippen molar-refractivity contribution in [2.75, 3.05) is 33.8 Å². The van der Waals surface area contributed by atoms with E-state index in [0.29, 0.717) is 5.92 Å². The van der Waals surface area contributed by atoms with Crippen LogP contribution >= 0.6 is 11.3 Å². The lowest BCUT2D eigenvalue weighted by atomic mass is 9.96. The molecule has 1 fully saturated rings. The molecule has 0 spiro atoms. The zero-order valence-corrected chi connectivity index (χ0v) is 14.8. The molecule has 1 saturated heterocycles. The predicted molar refractivity (Wildman–Crippen MR) is 95.7 cm³/mol. The Bertz CT molecular complexity index is 702. The number of carbonyl (C=O) groups excluding carboxylic acids is 1. The molecule has 23 heavy (non-hydrogen) atoms. The maximum Gasteiger partial charge on any atom is 0.264 e. The molecule has 0 aliphatic carbocycles. The summed E-state index contributed by atoms with van der Waals surface area (Å²) < 4.78 is 6.45. The van der Waals surface area contributed by atoms with E-state index in [-0.39, 0.29) is 5.91 Å². The molecule has 0 bridgehead atoms. The second kappa shape index (κ2) is 6.89. The maximum atomic E-state index is 12.9. The van der Waals surface area contributed by atoms with Gasteiger partial charge < -0.3 is 15.0 Å². The number of hydrogen-bond acceptors (Lipinski definition) is 4. The van der Waals surface area contributed by atoms with Crippen LogP contribution in [0.15, 0.2) is 18.2 Å². The van der Waals surface area contributed by atoms with Gasteiger partial charge in [0.15, 0.2) is 0 Å². The summed E-state index contributed by atoms with van der Waals surface area (Å²) in [6.45, 7) is 4.81. The lowest BCUT2D eigenvalue weighted by molar-refractivity contribution is 0.0695. The highest BCUT2D eigenvalue weighted by Gasteiger charge is 2.26. The highest BCUT2D eigenvalue weighted by Crippen LogP contribution is 2.34. The van der Waals surface area contributed by atoms with Gasteiger partial charge in [0.25, 0.3) is 5.91 Å². The van der Waals surface area contributed by atoms with Crippen LogP contribution in [0.2, 0.25) is 0 Å². The van der Waals surface area contributed by atoms with Crippen LogP contribution in [-0.2, 0) is 0 Å². The number of thiophene rings is 1. The van der Waals surface area contributed by atoms with Gasteiger partial charge in [-0.3, -0.25) is 4.79 Å². The van der Waals surface area contributed by atoms with Gasteiger partial charge in [0.05, 0.1) is 12.0 Å². The zero-order valence-electron chi connectivity index (χ0n) is 14.0. The predicted octanol–water partition coefficient (Wildman–Crippen LogP) is 3.29. The number of aryl methyl sites for hydroxylation is 1. The normalized spacial score (nSPS) is 16.0. The van der Waals surface area contributed by atoms with Crippen LogP contribution in [0.5, 0.6) is 5.75 Å². The standard InChI is InChI=1S/C18H24N2O2S/c1-12-15-10-14(22-3)4-5-16(15)23-17(12)18(21)20-8-6-13(7-9-20)11-19-2/h4-5,10,13,19H,6-9,11H2,1-3H3. The number of rotatable bonds is 4. The molecule has 1 aliphatic rings. The van der Waals surface area contributed by atoms with Gasteiger partial charge in [-0.05, 0) is 68.4 Å². The van der Waals surface area contributed by atoms with E-state index in [4.69, 9.17) is 4.74 Å². The molecular weight excluding hydrogens is 308 g/mol. The second-order valence-electron chi connectivity index (χ2n) is 6.21. The van der Waals surface area contributed by atoms with E-state index in [2.05, 4.69) is 5.32 Å². The Hall–Kier alpha value is -1.59. The molecule has 124 valence electrons. The number of amides is 1. The Morgan fingerprint density at radius 3 is 2.78 bits per heavy atom. The van der Waals surface area contributed by atoms with Gasteiger partial charge in [0.2, 0.25) is 0 Å². The van der Waals surface area contributed by atoms with Crippen molar-refractivity contribution in [1.29, 1.82) is 0 Å². The third kappa shape index (κ3) is 3.21. The zero-order chi connectivity index (χ0) is 16.4. The van der Waals surface area contributed by atoms with Crippen molar-refractivity contribution in [1.82, 2.24) is 10.2 Å². The molecule has 4 nitrogen and oxygen atoms in total. The van der Waals surface area contributed by atoms with Crippen LogP contribution in [0.1, 0.15) is 28.1 Å². The Morgan fingerprint density at radius 2 is 2.13 bits per heavy atom. The van der Waals surface area contributed by atoms with E-state index in [1.807, 2.05) is 37.1 Å². The fourth-order valence-corrected chi connectivity index (χ4v) is 4.46. The largest absolute Gasteiger partial charge is 0.497 e. The molecule has 5 heteroatoms. The van der Waals surface area contributed by atoms with Gasteiger partial charge in [0.1, 0.15) is 5.75 Å². The highest BCUT2D eigenvalue weighted by atomic mass is 32.1. The lowest BCUT2D eigenvalue weighted by Crippen LogP contribution is -2.40. The Kier molecular flexibility index (Phi) is 4.87. The lowest BCUT2D eigenvalue weighted by Gasteiger charge is -2.31. The van der Waals surface area contributed by atoms with E-state index < -0.39 is 0 Å². The van der Waals surface area contributed by atoms with Crippen molar-refractivity contribution >= 4 is 27.3 Å². The number of methoxy groups -OCH3 is 1. The van der Waals surface area contributed by atoms with Gasteiger partial charge in [0, 0.05) is 17.8 Å². The first kappa shape index (κ1) is 16.3. The topological polar surface area (TPSA) is 41.6 Å². The van der Waals surface area contributed by atoms with Crippen molar-refractivity contribution in [3.8, 4) is 5.75 Å². The summed E-state index contributed by atoms with van der Waals surface area (Å²) in [5.41, 5.74) is 1.08. The molecule has 1 amide bonds. The number of carbonyl (C=O) groups is 1. The summed E-state index contributed by atoms with van der Waals surface area (Å²) in [6.07, 6.45) is 2.18. The first-order valence-corrected chi connectivity index (χ1v) is 8.96. The van der Waals surface area contributed by atoms with E-state index in [9.17, 15) is 4.79 Å². The van der Waals surface area contributed by atoms with Gasteiger partial charge in [-0.1, -0.05) is 0 Å². The summed E-state index contributed by atoms with van der Waals surface area (Å²) >= 11 is 1.60. The first-order valence-electron chi connectivity index (χ1n) is 8.15. The van der Waals surface area contributed by atoms with E-state index in [0.717, 1.165) is 58.8 Å². The van der Waals surface area contributed by atoms with Crippen LogP contribution in [-0.4, -0.2) is 44.6 Å². The van der Waals surface area contributed by atoms with Crippen LogP contribution in [0.4, 0.5) is 0 Å². The monoisotopic (exact) mass is 332 g/mol. The van der Waals surface area contributed by atoms with Gasteiger partial charge >= 0.3 is 0 Å².